The van der Waals surface area contributed by atoms with Crippen LogP contribution in [-0.4, -0.2) is 10.7 Å². The zero-order chi connectivity index (χ0) is 10.1. The van der Waals surface area contributed by atoms with E-state index < -0.39 is 5.60 Å². The molecule has 2 atom stereocenters. The molecule has 0 aromatic heterocycles. The van der Waals surface area contributed by atoms with E-state index in [0.717, 1.165) is 17.6 Å². The lowest BCUT2D eigenvalue weighted by atomic mass is 9.76. The fraction of sp³-hybridized carbons (Fsp3) is 0.500. The predicted molar refractivity (Wildman–Crippen MR) is 55.1 cm³/mol. The summed E-state index contributed by atoms with van der Waals surface area (Å²) < 4.78 is 0. The van der Waals surface area contributed by atoms with Crippen LogP contribution < -0.4 is 0 Å². The molecule has 1 aliphatic carbocycles. The summed E-state index contributed by atoms with van der Waals surface area (Å²) in [7, 11) is 0. The molecule has 0 heterocycles. The predicted octanol–water partition coefficient (Wildman–Crippen LogP) is 2.28. The summed E-state index contributed by atoms with van der Waals surface area (Å²) in [6, 6.07) is 0. The van der Waals surface area contributed by atoms with Crippen LogP contribution in [0.15, 0.2) is 23.8 Å². The van der Waals surface area contributed by atoms with Crippen LogP contribution in [-0.2, 0) is 0 Å². The topological polar surface area (TPSA) is 20.2 Å². The average molecular weight is 176 g/mol. The van der Waals surface area contributed by atoms with Gasteiger partial charge in [0.05, 0.1) is 0 Å². The van der Waals surface area contributed by atoms with Crippen molar-refractivity contribution >= 4 is 0 Å². The highest BCUT2D eigenvalue weighted by molar-refractivity contribution is 5.31. The Hall–Kier alpha value is -1.00. The summed E-state index contributed by atoms with van der Waals surface area (Å²) in [6.07, 6.45) is 8.90. The van der Waals surface area contributed by atoms with Crippen molar-refractivity contribution in [3.8, 4) is 12.3 Å². The zero-order valence-corrected chi connectivity index (χ0v) is 8.30. The van der Waals surface area contributed by atoms with E-state index in [1.807, 2.05) is 19.9 Å². The molecule has 0 fully saturated rings. The van der Waals surface area contributed by atoms with Crippen molar-refractivity contribution < 1.29 is 5.11 Å². The van der Waals surface area contributed by atoms with Gasteiger partial charge in [-0.2, -0.15) is 0 Å². The standard InChI is InChI=1S/C12H16O/c1-5-12(13)8-11(9(2)3)7-6-10(12)4/h1,6,11,13H,2,7-8H2,3-4H3. The van der Waals surface area contributed by atoms with Crippen molar-refractivity contribution in [2.45, 2.75) is 32.3 Å². The summed E-state index contributed by atoms with van der Waals surface area (Å²) in [4.78, 5) is 0. The molecule has 0 spiro atoms. The molecular formula is C12H16O. The van der Waals surface area contributed by atoms with Gasteiger partial charge < -0.3 is 5.11 Å². The maximum Gasteiger partial charge on any atom is 0.147 e. The number of hydrogen-bond acceptors (Lipinski definition) is 1. The third-order valence-corrected chi connectivity index (χ3v) is 2.84. The van der Waals surface area contributed by atoms with Crippen molar-refractivity contribution in [1.82, 2.24) is 0 Å². The van der Waals surface area contributed by atoms with Gasteiger partial charge in [-0.3, -0.25) is 0 Å². The Morgan fingerprint density at radius 1 is 1.85 bits per heavy atom. The molecule has 1 rings (SSSR count). The van der Waals surface area contributed by atoms with E-state index in [9.17, 15) is 5.11 Å². The first-order valence-electron chi connectivity index (χ1n) is 4.52. The lowest BCUT2D eigenvalue weighted by Crippen LogP contribution is -2.34. The first-order valence-corrected chi connectivity index (χ1v) is 4.52. The maximum absolute atomic E-state index is 10.0. The van der Waals surface area contributed by atoms with Crippen LogP contribution in [0.4, 0.5) is 0 Å². The molecule has 0 aliphatic heterocycles. The molecule has 0 amide bonds. The lowest BCUT2D eigenvalue weighted by molar-refractivity contribution is 0.107. The molecule has 70 valence electrons. The van der Waals surface area contributed by atoms with Crippen LogP contribution in [0.1, 0.15) is 26.7 Å². The quantitative estimate of drug-likeness (QED) is 0.480. The molecule has 2 unspecified atom stereocenters. The number of aliphatic hydroxyl groups is 1. The highest BCUT2D eigenvalue weighted by Crippen LogP contribution is 2.35. The molecule has 0 bridgehead atoms. The van der Waals surface area contributed by atoms with Gasteiger partial charge in [0, 0.05) is 0 Å². The second-order valence-electron chi connectivity index (χ2n) is 3.87. The number of allylic oxidation sites excluding steroid dienone is 2. The second-order valence-corrected chi connectivity index (χ2v) is 3.87. The largest absolute Gasteiger partial charge is 0.374 e. The van der Waals surface area contributed by atoms with E-state index >= 15 is 0 Å². The first-order chi connectivity index (χ1) is 5.99. The van der Waals surface area contributed by atoms with Crippen molar-refractivity contribution in [2.75, 3.05) is 0 Å². The SMILES string of the molecule is C#CC1(O)CC(C(=C)C)CC=C1C. The van der Waals surface area contributed by atoms with Gasteiger partial charge >= 0.3 is 0 Å². The molecular weight excluding hydrogens is 160 g/mol. The van der Waals surface area contributed by atoms with Gasteiger partial charge in [-0.05, 0) is 38.2 Å². The van der Waals surface area contributed by atoms with Gasteiger partial charge in [0.1, 0.15) is 5.60 Å². The third kappa shape index (κ3) is 1.84. The van der Waals surface area contributed by atoms with E-state index in [4.69, 9.17) is 6.42 Å². The molecule has 1 nitrogen and oxygen atoms in total. The molecule has 1 aliphatic rings. The van der Waals surface area contributed by atoms with E-state index in [2.05, 4.69) is 12.5 Å². The van der Waals surface area contributed by atoms with Gasteiger partial charge in [-0.1, -0.05) is 24.1 Å². The minimum atomic E-state index is -1.04. The van der Waals surface area contributed by atoms with Crippen LogP contribution in [0.25, 0.3) is 0 Å². The Morgan fingerprint density at radius 3 is 2.92 bits per heavy atom. The van der Waals surface area contributed by atoms with Gasteiger partial charge in [0.2, 0.25) is 0 Å². The van der Waals surface area contributed by atoms with Crippen molar-refractivity contribution in [1.29, 1.82) is 0 Å². The van der Waals surface area contributed by atoms with Gasteiger partial charge in [-0.25, -0.2) is 0 Å². The Balaban J connectivity index is 2.91. The van der Waals surface area contributed by atoms with Gasteiger partial charge in [0.15, 0.2) is 0 Å². The normalized spacial score (nSPS) is 33.4. The summed E-state index contributed by atoms with van der Waals surface area (Å²) in [5.74, 6) is 2.78. The molecule has 0 radical (unpaired) electrons. The Bertz CT molecular complexity index is 293. The van der Waals surface area contributed by atoms with Crippen LogP contribution >= 0.6 is 0 Å². The monoisotopic (exact) mass is 176 g/mol. The smallest absolute Gasteiger partial charge is 0.147 e. The second kappa shape index (κ2) is 3.40. The van der Waals surface area contributed by atoms with Crippen molar-refractivity contribution in [3.05, 3.63) is 23.8 Å². The number of hydrogen-bond donors (Lipinski definition) is 1. The number of rotatable bonds is 1. The summed E-state index contributed by atoms with van der Waals surface area (Å²) in [5.41, 5.74) is 0.951. The van der Waals surface area contributed by atoms with Crippen molar-refractivity contribution in [2.24, 2.45) is 5.92 Å². The van der Waals surface area contributed by atoms with E-state index in [1.165, 1.54) is 0 Å². The lowest BCUT2D eigenvalue weighted by Gasteiger charge is -2.32. The molecule has 0 aromatic carbocycles. The molecule has 0 aromatic rings. The highest BCUT2D eigenvalue weighted by atomic mass is 16.3. The van der Waals surface area contributed by atoms with Crippen LogP contribution in [0.3, 0.4) is 0 Å². The third-order valence-electron chi connectivity index (χ3n) is 2.84. The minimum Gasteiger partial charge on any atom is -0.374 e. The highest BCUT2D eigenvalue weighted by Gasteiger charge is 2.33. The Morgan fingerprint density at radius 2 is 2.46 bits per heavy atom. The number of terminal acetylenes is 1. The van der Waals surface area contributed by atoms with Crippen molar-refractivity contribution in [3.63, 3.8) is 0 Å². The van der Waals surface area contributed by atoms with Crippen LogP contribution in [0, 0.1) is 18.3 Å². The fourth-order valence-electron chi connectivity index (χ4n) is 1.64. The molecule has 1 heteroatoms. The van der Waals surface area contributed by atoms with Gasteiger partial charge in [-0.15, -0.1) is 6.42 Å². The zero-order valence-electron chi connectivity index (χ0n) is 8.30. The van der Waals surface area contributed by atoms with Gasteiger partial charge in [0.25, 0.3) is 0 Å². The molecule has 0 saturated heterocycles. The van der Waals surface area contributed by atoms with E-state index in [0.29, 0.717) is 12.3 Å². The molecule has 13 heavy (non-hydrogen) atoms. The minimum absolute atomic E-state index is 0.324. The summed E-state index contributed by atoms with van der Waals surface area (Å²) >= 11 is 0. The Labute approximate surface area is 80.2 Å². The summed E-state index contributed by atoms with van der Waals surface area (Å²) in [6.45, 7) is 7.76. The molecule has 0 saturated carbocycles. The fourth-order valence-corrected chi connectivity index (χ4v) is 1.64. The maximum atomic E-state index is 10.0. The van der Waals surface area contributed by atoms with E-state index in [1.54, 1.807) is 0 Å². The Kier molecular flexibility index (Phi) is 2.63. The summed E-state index contributed by atoms with van der Waals surface area (Å²) in [5, 5.41) is 10.0. The molecule has 1 N–H and O–H groups in total. The van der Waals surface area contributed by atoms with Crippen LogP contribution in [0.2, 0.25) is 0 Å². The van der Waals surface area contributed by atoms with Crippen LogP contribution in [0.5, 0.6) is 0 Å². The first kappa shape index (κ1) is 10.1. The van der Waals surface area contributed by atoms with E-state index in [-0.39, 0.29) is 0 Å². The average Bonchev–Trinajstić information content (AvgIpc) is 2.09.